The SMILES string of the molecule is O=C(O)CCCCCCCC=CC[C@H](O)CCCCCCc1c(S(=O)(=O)O)ccc2ccccc12. The lowest BCUT2D eigenvalue weighted by Gasteiger charge is -2.12. The minimum atomic E-state index is -4.27. The molecule has 2 rings (SSSR count). The van der Waals surface area contributed by atoms with E-state index in [0.29, 0.717) is 18.4 Å². The number of rotatable bonds is 18. The van der Waals surface area contributed by atoms with E-state index in [1.165, 1.54) is 6.07 Å². The molecule has 0 aliphatic heterocycles. The molecule has 0 spiro atoms. The maximum Gasteiger partial charge on any atom is 0.303 e. The van der Waals surface area contributed by atoms with Crippen LogP contribution >= 0.6 is 0 Å². The average Bonchev–Trinajstić information content (AvgIpc) is 2.81. The Morgan fingerprint density at radius 2 is 1.54 bits per heavy atom. The number of aliphatic carboxylic acids is 1. The minimum absolute atomic E-state index is 0.00315. The van der Waals surface area contributed by atoms with Crippen LogP contribution in [-0.2, 0) is 21.3 Å². The standard InChI is InChI=1S/C28H40O6S/c29-24(16-9-5-3-1-2-4-6-12-20-28(30)31)17-10-7-8-11-19-26-25-18-14-13-15-23(25)21-22-27(26)35(32,33)34/h5,9,13-15,18,21-22,24,29H,1-4,6-8,10-12,16-17,19-20H2,(H,30,31)(H,32,33,34)/t24-/m0/s1. The number of hydrogen-bond acceptors (Lipinski definition) is 4. The first-order valence-electron chi connectivity index (χ1n) is 12.8. The summed E-state index contributed by atoms with van der Waals surface area (Å²) in [5.74, 6) is -0.721. The fourth-order valence-electron chi connectivity index (χ4n) is 4.41. The average molecular weight is 505 g/mol. The number of carboxylic acid groups (broad SMARTS) is 1. The maximum atomic E-state index is 11.8. The molecule has 35 heavy (non-hydrogen) atoms. The van der Waals surface area contributed by atoms with Crippen molar-refractivity contribution in [2.24, 2.45) is 0 Å². The lowest BCUT2D eigenvalue weighted by molar-refractivity contribution is -0.137. The van der Waals surface area contributed by atoms with Crippen LogP contribution in [0.5, 0.6) is 0 Å². The molecule has 2 aromatic rings. The van der Waals surface area contributed by atoms with Crippen LogP contribution in [0, 0.1) is 0 Å². The van der Waals surface area contributed by atoms with Crippen LogP contribution in [0.4, 0.5) is 0 Å². The van der Waals surface area contributed by atoms with E-state index in [9.17, 15) is 22.9 Å². The molecule has 0 aromatic heterocycles. The summed E-state index contributed by atoms with van der Waals surface area (Å²) in [5.41, 5.74) is 0.677. The van der Waals surface area contributed by atoms with Gasteiger partial charge in [0.25, 0.3) is 10.1 Å². The number of aliphatic hydroxyl groups excluding tert-OH is 1. The quantitative estimate of drug-likeness (QED) is 0.118. The highest BCUT2D eigenvalue weighted by atomic mass is 32.2. The number of carbonyl (C=O) groups is 1. The van der Waals surface area contributed by atoms with Crippen LogP contribution in [0.3, 0.4) is 0 Å². The van der Waals surface area contributed by atoms with Crippen molar-refractivity contribution in [2.75, 3.05) is 0 Å². The topological polar surface area (TPSA) is 112 Å². The van der Waals surface area contributed by atoms with E-state index in [1.54, 1.807) is 6.07 Å². The first-order valence-corrected chi connectivity index (χ1v) is 14.3. The van der Waals surface area contributed by atoms with Gasteiger partial charge >= 0.3 is 5.97 Å². The third-order valence-corrected chi connectivity index (χ3v) is 7.26. The van der Waals surface area contributed by atoms with Crippen LogP contribution in [0.2, 0.25) is 0 Å². The van der Waals surface area contributed by atoms with Gasteiger partial charge in [0.15, 0.2) is 0 Å². The molecule has 6 nitrogen and oxygen atoms in total. The van der Waals surface area contributed by atoms with Gasteiger partial charge in [-0.1, -0.05) is 81.0 Å². The zero-order chi connectivity index (χ0) is 25.5. The van der Waals surface area contributed by atoms with Crippen LogP contribution in [0.1, 0.15) is 89.0 Å². The van der Waals surface area contributed by atoms with Gasteiger partial charge in [0.05, 0.1) is 11.0 Å². The molecule has 1 atom stereocenters. The van der Waals surface area contributed by atoms with E-state index in [2.05, 4.69) is 6.08 Å². The maximum absolute atomic E-state index is 11.8. The predicted molar refractivity (Wildman–Crippen MR) is 140 cm³/mol. The van der Waals surface area contributed by atoms with Crippen molar-refractivity contribution >= 4 is 26.9 Å². The summed E-state index contributed by atoms with van der Waals surface area (Å²) in [6, 6.07) is 10.8. The molecule has 2 aromatic carbocycles. The Kier molecular flexibility index (Phi) is 13.0. The Morgan fingerprint density at radius 3 is 2.31 bits per heavy atom. The highest BCUT2D eigenvalue weighted by molar-refractivity contribution is 7.85. The van der Waals surface area contributed by atoms with Crippen molar-refractivity contribution in [1.82, 2.24) is 0 Å². The summed E-state index contributed by atoms with van der Waals surface area (Å²) in [6.45, 7) is 0. The summed E-state index contributed by atoms with van der Waals surface area (Å²) in [6.07, 6.45) is 15.7. The third-order valence-electron chi connectivity index (χ3n) is 6.33. The molecule has 3 N–H and O–H groups in total. The number of hydrogen-bond donors (Lipinski definition) is 3. The molecule has 0 saturated heterocycles. The van der Waals surface area contributed by atoms with Crippen molar-refractivity contribution < 1.29 is 28.0 Å². The second kappa shape index (κ2) is 15.7. The van der Waals surface area contributed by atoms with E-state index < -0.39 is 16.1 Å². The lowest BCUT2D eigenvalue weighted by atomic mass is 9.98. The van der Waals surface area contributed by atoms with Gasteiger partial charge in [-0.05, 0) is 67.3 Å². The van der Waals surface area contributed by atoms with Gasteiger partial charge in [-0.15, -0.1) is 0 Å². The highest BCUT2D eigenvalue weighted by Gasteiger charge is 2.17. The molecule has 0 radical (unpaired) electrons. The number of benzene rings is 2. The minimum Gasteiger partial charge on any atom is -0.481 e. The van der Waals surface area contributed by atoms with Crippen LogP contribution in [-0.4, -0.2) is 35.3 Å². The number of aliphatic hydroxyl groups is 1. The van der Waals surface area contributed by atoms with Crippen molar-refractivity contribution in [2.45, 2.75) is 101 Å². The molecule has 0 bridgehead atoms. The first kappa shape index (κ1) is 29.0. The predicted octanol–water partition coefficient (Wildman–Crippen LogP) is 6.70. The molecule has 0 heterocycles. The Labute approximate surface area is 209 Å². The largest absolute Gasteiger partial charge is 0.481 e. The third kappa shape index (κ3) is 11.4. The lowest BCUT2D eigenvalue weighted by Crippen LogP contribution is -2.05. The number of aryl methyl sites for hydroxylation is 1. The zero-order valence-electron chi connectivity index (χ0n) is 20.6. The van der Waals surface area contributed by atoms with E-state index >= 15 is 0 Å². The van der Waals surface area contributed by atoms with Gasteiger partial charge in [0, 0.05) is 6.42 Å². The fourth-order valence-corrected chi connectivity index (χ4v) is 5.17. The molecule has 7 heteroatoms. The Bertz CT molecular complexity index is 1040. The fraction of sp³-hybridized carbons (Fsp3) is 0.536. The van der Waals surface area contributed by atoms with Gasteiger partial charge in [-0.3, -0.25) is 9.35 Å². The van der Waals surface area contributed by atoms with Gasteiger partial charge in [-0.25, -0.2) is 0 Å². The van der Waals surface area contributed by atoms with E-state index in [4.69, 9.17) is 5.11 Å². The Hall–Kier alpha value is -2.22. The number of allylic oxidation sites excluding steroid dienone is 1. The summed E-state index contributed by atoms with van der Waals surface area (Å²) in [4.78, 5) is 10.4. The number of fused-ring (bicyclic) bond motifs is 1. The number of unbranched alkanes of at least 4 members (excludes halogenated alkanes) is 8. The van der Waals surface area contributed by atoms with Crippen LogP contribution < -0.4 is 0 Å². The Balaban J connectivity index is 1.60. The first-order chi connectivity index (χ1) is 16.8. The van der Waals surface area contributed by atoms with E-state index in [-0.39, 0.29) is 17.4 Å². The molecule has 0 fully saturated rings. The summed E-state index contributed by atoms with van der Waals surface area (Å²) in [7, 11) is -4.27. The van der Waals surface area contributed by atoms with Crippen molar-refractivity contribution in [1.29, 1.82) is 0 Å². The molecule has 0 amide bonds. The van der Waals surface area contributed by atoms with Crippen molar-refractivity contribution in [3.8, 4) is 0 Å². The van der Waals surface area contributed by atoms with Gasteiger partial charge in [-0.2, -0.15) is 8.42 Å². The smallest absolute Gasteiger partial charge is 0.303 e. The van der Waals surface area contributed by atoms with Crippen LogP contribution in [0.15, 0.2) is 53.4 Å². The normalized spacial score (nSPS) is 13.0. The molecule has 0 saturated carbocycles. The molecular formula is C28H40O6S. The number of carboxylic acids is 1. The summed E-state index contributed by atoms with van der Waals surface area (Å²) in [5, 5.41) is 20.6. The molecule has 0 aliphatic carbocycles. The molecule has 194 valence electrons. The van der Waals surface area contributed by atoms with Gasteiger partial charge < -0.3 is 10.2 Å². The second-order valence-corrected chi connectivity index (χ2v) is 10.6. The van der Waals surface area contributed by atoms with Crippen molar-refractivity contribution in [3.63, 3.8) is 0 Å². The summed E-state index contributed by atoms with van der Waals surface area (Å²) < 4.78 is 33.3. The Morgan fingerprint density at radius 1 is 0.857 bits per heavy atom. The molecular weight excluding hydrogens is 464 g/mol. The van der Waals surface area contributed by atoms with Gasteiger partial charge in [0.1, 0.15) is 0 Å². The van der Waals surface area contributed by atoms with Crippen LogP contribution in [0.25, 0.3) is 10.8 Å². The molecule has 0 unspecified atom stereocenters. The van der Waals surface area contributed by atoms with E-state index in [1.807, 2.05) is 30.3 Å². The summed E-state index contributed by atoms with van der Waals surface area (Å²) >= 11 is 0. The van der Waals surface area contributed by atoms with Gasteiger partial charge in [0.2, 0.25) is 0 Å². The monoisotopic (exact) mass is 504 g/mol. The van der Waals surface area contributed by atoms with Crippen molar-refractivity contribution in [3.05, 3.63) is 54.1 Å². The second-order valence-electron chi connectivity index (χ2n) is 9.25. The highest BCUT2D eigenvalue weighted by Crippen LogP contribution is 2.27. The van der Waals surface area contributed by atoms with E-state index in [0.717, 1.165) is 81.4 Å². The molecule has 0 aliphatic rings. The zero-order valence-corrected chi connectivity index (χ0v) is 21.4.